The molecule has 0 saturated heterocycles. The minimum absolute atomic E-state index is 0.130. The number of carbonyl (C=O) groups excluding carboxylic acids is 1. The number of hydrogen-bond donors (Lipinski definition) is 1. The lowest BCUT2D eigenvalue weighted by Crippen LogP contribution is -2.31. The van der Waals surface area contributed by atoms with E-state index in [1.807, 2.05) is 55.1 Å². The number of aryl methyl sites for hydroxylation is 1. The quantitative estimate of drug-likeness (QED) is 0.588. The van der Waals surface area contributed by atoms with E-state index in [-0.39, 0.29) is 5.91 Å². The van der Waals surface area contributed by atoms with Gasteiger partial charge in [-0.2, -0.15) is 0 Å². The van der Waals surface area contributed by atoms with Crippen LogP contribution in [0.5, 0.6) is 0 Å². The van der Waals surface area contributed by atoms with Crippen molar-refractivity contribution in [3.8, 4) is 0 Å². The SMILES string of the molecule is CCN(Cc1ccccc1)C(=O)CSc1nc(Cc2ccccc2)c(C)[nH]1. The molecule has 0 aliphatic heterocycles. The molecular weight excluding hydrogens is 354 g/mol. The average molecular weight is 380 g/mol. The largest absolute Gasteiger partial charge is 0.338 e. The van der Waals surface area contributed by atoms with Gasteiger partial charge in [-0.3, -0.25) is 4.79 Å². The number of thioether (sulfide) groups is 1. The van der Waals surface area contributed by atoms with Crippen LogP contribution in [0.3, 0.4) is 0 Å². The normalized spacial score (nSPS) is 10.7. The molecule has 0 spiro atoms. The van der Waals surface area contributed by atoms with Crippen molar-refractivity contribution in [1.82, 2.24) is 14.9 Å². The van der Waals surface area contributed by atoms with Gasteiger partial charge in [-0.05, 0) is 25.0 Å². The van der Waals surface area contributed by atoms with E-state index in [2.05, 4.69) is 34.2 Å². The van der Waals surface area contributed by atoms with Crippen LogP contribution < -0.4 is 0 Å². The molecule has 3 rings (SSSR count). The summed E-state index contributed by atoms with van der Waals surface area (Å²) in [6.07, 6.45) is 0.798. The van der Waals surface area contributed by atoms with Gasteiger partial charge in [-0.25, -0.2) is 4.98 Å². The van der Waals surface area contributed by atoms with Crippen LogP contribution in [0.25, 0.3) is 0 Å². The van der Waals surface area contributed by atoms with Crippen LogP contribution in [-0.2, 0) is 17.8 Å². The number of H-pyrrole nitrogens is 1. The van der Waals surface area contributed by atoms with Crippen molar-refractivity contribution >= 4 is 17.7 Å². The number of imidazole rings is 1. The number of aromatic nitrogens is 2. The van der Waals surface area contributed by atoms with E-state index in [4.69, 9.17) is 0 Å². The Morgan fingerprint density at radius 1 is 1.04 bits per heavy atom. The molecule has 3 aromatic rings. The topological polar surface area (TPSA) is 49.0 Å². The van der Waals surface area contributed by atoms with Gasteiger partial charge in [0.05, 0.1) is 11.4 Å². The number of rotatable bonds is 8. The lowest BCUT2D eigenvalue weighted by Gasteiger charge is -2.20. The highest BCUT2D eigenvalue weighted by molar-refractivity contribution is 7.99. The molecule has 1 amide bonds. The van der Waals surface area contributed by atoms with Gasteiger partial charge in [0.2, 0.25) is 5.91 Å². The summed E-state index contributed by atoms with van der Waals surface area (Å²) in [7, 11) is 0. The summed E-state index contributed by atoms with van der Waals surface area (Å²) >= 11 is 1.47. The molecule has 27 heavy (non-hydrogen) atoms. The number of carbonyl (C=O) groups is 1. The predicted molar refractivity (Wildman–Crippen MR) is 111 cm³/mol. The van der Waals surface area contributed by atoms with Gasteiger partial charge in [0, 0.05) is 25.2 Å². The summed E-state index contributed by atoms with van der Waals surface area (Å²) in [5, 5.41) is 0.808. The van der Waals surface area contributed by atoms with Gasteiger partial charge >= 0.3 is 0 Å². The fourth-order valence-corrected chi connectivity index (χ4v) is 3.74. The first-order valence-electron chi connectivity index (χ1n) is 9.19. The van der Waals surface area contributed by atoms with Crippen LogP contribution in [0.2, 0.25) is 0 Å². The van der Waals surface area contributed by atoms with E-state index in [9.17, 15) is 4.79 Å². The summed E-state index contributed by atoms with van der Waals surface area (Å²) in [4.78, 5) is 22.5. The maximum absolute atomic E-state index is 12.6. The lowest BCUT2D eigenvalue weighted by atomic mass is 10.1. The maximum Gasteiger partial charge on any atom is 0.233 e. The van der Waals surface area contributed by atoms with Crippen LogP contribution >= 0.6 is 11.8 Å². The van der Waals surface area contributed by atoms with Crippen molar-refractivity contribution in [3.63, 3.8) is 0 Å². The zero-order valence-corrected chi connectivity index (χ0v) is 16.6. The van der Waals surface area contributed by atoms with Crippen molar-refractivity contribution < 1.29 is 4.79 Å². The molecule has 1 heterocycles. The highest BCUT2D eigenvalue weighted by atomic mass is 32.2. The van der Waals surface area contributed by atoms with Crippen molar-refractivity contribution in [2.75, 3.05) is 12.3 Å². The Morgan fingerprint density at radius 3 is 2.30 bits per heavy atom. The molecule has 1 N–H and O–H groups in total. The smallest absolute Gasteiger partial charge is 0.233 e. The molecule has 0 aliphatic carbocycles. The van der Waals surface area contributed by atoms with E-state index in [0.717, 1.165) is 28.5 Å². The standard InChI is InChI=1S/C22H25N3OS/c1-3-25(15-19-12-8-5-9-13-19)21(26)16-27-22-23-17(2)20(24-22)14-18-10-6-4-7-11-18/h4-13H,3,14-16H2,1-2H3,(H,23,24). The zero-order valence-electron chi connectivity index (χ0n) is 15.8. The highest BCUT2D eigenvalue weighted by Gasteiger charge is 2.15. The van der Waals surface area contributed by atoms with Crippen LogP contribution in [0.1, 0.15) is 29.4 Å². The summed E-state index contributed by atoms with van der Waals surface area (Å²) < 4.78 is 0. The molecule has 0 saturated carbocycles. The number of amides is 1. The molecule has 4 nitrogen and oxygen atoms in total. The molecule has 0 radical (unpaired) electrons. The number of aromatic amines is 1. The number of nitrogens with one attached hydrogen (secondary N) is 1. The van der Waals surface area contributed by atoms with E-state index in [1.165, 1.54) is 17.3 Å². The van der Waals surface area contributed by atoms with Gasteiger partial charge in [0.1, 0.15) is 0 Å². The molecule has 0 unspecified atom stereocenters. The third-order valence-corrected chi connectivity index (χ3v) is 5.32. The Bertz CT molecular complexity index is 862. The van der Waals surface area contributed by atoms with Crippen molar-refractivity contribution in [2.45, 2.75) is 32.0 Å². The van der Waals surface area contributed by atoms with Gasteiger partial charge in [-0.15, -0.1) is 0 Å². The fraction of sp³-hybridized carbons (Fsp3) is 0.273. The van der Waals surface area contributed by atoms with Crippen LogP contribution in [0, 0.1) is 6.92 Å². The minimum Gasteiger partial charge on any atom is -0.338 e. The Kier molecular flexibility index (Phi) is 6.71. The Morgan fingerprint density at radius 2 is 1.67 bits per heavy atom. The van der Waals surface area contributed by atoms with E-state index < -0.39 is 0 Å². The Hall–Kier alpha value is -2.53. The predicted octanol–water partition coefficient (Wildman–Crippen LogP) is 4.45. The van der Waals surface area contributed by atoms with Crippen LogP contribution in [0.15, 0.2) is 65.8 Å². The Labute approximate surface area is 165 Å². The minimum atomic E-state index is 0.130. The van der Waals surface area contributed by atoms with E-state index in [1.54, 1.807) is 0 Å². The lowest BCUT2D eigenvalue weighted by molar-refractivity contribution is -0.128. The van der Waals surface area contributed by atoms with Crippen LogP contribution in [-0.4, -0.2) is 33.1 Å². The molecule has 140 valence electrons. The first kappa shape index (κ1) is 19.2. The molecule has 1 aromatic heterocycles. The van der Waals surface area contributed by atoms with Gasteiger partial charge < -0.3 is 9.88 Å². The zero-order chi connectivity index (χ0) is 19.1. The van der Waals surface area contributed by atoms with E-state index in [0.29, 0.717) is 18.8 Å². The number of benzene rings is 2. The highest BCUT2D eigenvalue weighted by Crippen LogP contribution is 2.20. The fourth-order valence-electron chi connectivity index (χ4n) is 2.90. The number of hydrogen-bond acceptors (Lipinski definition) is 3. The molecular formula is C22H25N3OS. The second-order valence-electron chi connectivity index (χ2n) is 6.46. The van der Waals surface area contributed by atoms with Crippen molar-refractivity contribution in [3.05, 3.63) is 83.2 Å². The molecule has 2 aromatic carbocycles. The second kappa shape index (κ2) is 9.42. The first-order chi connectivity index (χ1) is 13.2. The third-order valence-electron chi connectivity index (χ3n) is 4.46. The van der Waals surface area contributed by atoms with Crippen molar-refractivity contribution in [1.29, 1.82) is 0 Å². The summed E-state index contributed by atoms with van der Waals surface area (Å²) in [6.45, 7) is 5.39. The first-order valence-corrected chi connectivity index (χ1v) is 10.2. The van der Waals surface area contributed by atoms with E-state index >= 15 is 0 Å². The molecule has 5 heteroatoms. The molecule has 0 atom stereocenters. The molecule has 0 aliphatic rings. The van der Waals surface area contributed by atoms with Gasteiger partial charge in [0.25, 0.3) is 0 Å². The summed E-state index contributed by atoms with van der Waals surface area (Å²) in [5.41, 5.74) is 4.48. The maximum atomic E-state index is 12.6. The molecule has 0 fully saturated rings. The summed E-state index contributed by atoms with van der Waals surface area (Å²) in [5.74, 6) is 0.517. The summed E-state index contributed by atoms with van der Waals surface area (Å²) in [6, 6.07) is 20.4. The van der Waals surface area contributed by atoms with Crippen molar-refractivity contribution in [2.24, 2.45) is 0 Å². The van der Waals surface area contributed by atoms with Gasteiger partial charge in [-0.1, -0.05) is 72.4 Å². The van der Waals surface area contributed by atoms with Crippen LogP contribution in [0.4, 0.5) is 0 Å². The number of nitrogens with zero attached hydrogens (tertiary/aromatic N) is 2. The monoisotopic (exact) mass is 379 g/mol. The average Bonchev–Trinajstić information content (AvgIpc) is 3.05. The van der Waals surface area contributed by atoms with Gasteiger partial charge in [0.15, 0.2) is 5.16 Å². The Balaban J connectivity index is 1.57. The molecule has 0 bridgehead atoms. The second-order valence-corrected chi connectivity index (χ2v) is 7.42. The third kappa shape index (κ3) is 5.47.